The molecule has 8 heteroatoms. The molecule has 160 valence electrons. The van der Waals surface area contributed by atoms with Crippen molar-refractivity contribution in [3.63, 3.8) is 0 Å². The van der Waals surface area contributed by atoms with E-state index in [1.165, 1.54) is 36.7 Å². The van der Waals surface area contributed by atoms with Gasteiger partial charge < -0.3 is 9.47 Å². The molecule has 30 heavy (non-hydrogen) atoms. The molecule has 7 nitrogen and oxygen atoms in total. The summed E-state index contributed by atoms with van der Waals surface area (Å²) in [6.07, 6.45) is 1.94. The summed E-state index contributed by atoms with van der Waals surface area (Å²) in [5.41, 5.74) is 0.793. The van der Waals surface area contributed by atoms with Gasteiger partial charge in [0.05, 0.1) is 30.2 Å². The van der Waals surface area contributed by atoms with E-state index in [1.54, 1.807) is 0 Å². The maximum atomic E-state index is 13.7. The highest BCUT2D eigenvalue weighted by molar-refractivity contribution is 7.89. The number of carbonyl (C=O) groups excluding carboxylic acids is 2. The SMILES string of the molecule is COC(=O)c1cc(C(=O)OC)cc(S(=O)(=O)N(Cc2ccccc2)[C@H](C)C2CC2)c1. The molecule has 0 aromatic heterocycles. The molecule has 0 unspecified atom stereocenters. The summed E-state index contributed by atoms with van der Waals surface area (Å²) in [5.74, 6) is -1.18. The lowest BCUT2D eigenvalue weighted by Crippen LogP contribution is -2.39. The van der Waals surface area contributed by atoms with Gasteiger partial charge in [-0.2, -0.15) is 4.31 Å². The van der Waals surface area contributed by atoms with Crippen LogP contribution in [0, 0.1) is 5.92 Å². The predicted molar refractivity (Wildman–Crippen MR) is 110 cm³/mol. The van der Waals surface area contributed by atoms with Crippen LogP contribution in [0.5, 0.6) is 0 Å². The summed E-state index contributed by atoms with van der Waals surface area (Å²) in [5, 5.41) is 0. The third-order valence-corrected chi connectivity index (χ3v) is 7.21. The Morgan fingerprint density at radius 1 is 1.00 bits per heavy atom. The number of esters is 2. The number of benzene rings is 2. The molecular formula is C22H25NO6S. The average molecular weight is 432 g/mol. The van der Waals surface area contributed by atoms with Crippen LogP contribution < -0.4 is 0 Å². The van der Waals surface area contributed by atoms with Gasteiger partial charge in [-0.25, -0.2) is 18.0 Å². The molecule has 0 heterocycles. The molecule has 2 aromatic carbocycles. The van der Waals surface area contributed by atoms with Gasteiger partial charge in [0, 0.05) is 12.6 Å². The molecule has 0 aliphatic heterocycles. The maximum absolute atomic E-state index is 13.7. The first-order chi connectivity index (χ1) is 14.3. The zero-order chi connectivity index (χ0) is 21.9. The maximum Gasteiger partial charge on any atom is 0.337 e. The molecule has 1 fully saturated rings. The van der Waals surface area contributed by atoms with E-state index in [-0.39, 0.29) is 34.5 Å². The summed E-state index contributed by atoms with van der Waals surface area (Å²) in [6.45, 7) is 2.08. The van der Waals surface area contributed by atoms with Crippen LogP contribution in [0.4, 0.5) is 0 Å². The summed E-state index contributed by atoms with van der Waals surface area (Å²) in [4.78, 5) is 24.0. The highest BCUT2D eigenvalue weighted by Gasteiger charge is 2.39. The molecule has 1 aliphatic carbocycles. The molecule has 0 N–H and O–H groups in total. The molecule has 1 atom stereocenters. The molecule has 2 aromatic rings. The Labute approximate surface area is 176 Å². The monoisotopic (exact) mass is 431 g/mol. The molecular weight excluding hydrogens is 406 g/mol. The molecule has 1 aliphatic rings. The van der Waals surface area contributed by atoms with Crippen LogP contribution in [-0.4, -0.2) is 44.9 Å². The summed E-state index contributed by atoms with van der Waals surface area (Å²) >= 11 is 0. The number of methoxy groups -OCH3 is 2. The number of ether oxygens (including phenoxy) is 2. The largest absolute Gasteiger partial charge is 0.465 e. The van der Waals surface area contributed by atoms with Crippen molar-refractivity contribution in [3.8, 4) is 0 Å². The van der Waals surface area contributed by atoms with Crippen LogP contribution in [0.15, 0.2) is 53.4 Å². The number of rotatable bonds is 8. The lowest BCUT2D eigenvalue weighted by atomic mass is 10.1. The van der Waals surface area contributed by atoms with Crippen molar-refractivity contribution in [2.45, 2.75) is 37.2 Å². The normalized spacial score (nSPS) is 14.9. The quantitative estimate of drug-likeness (QED) is 0.596. The van der Waals surface area contributed by atoms with E-state index >= 15 is 0 Å². The minimum atomic E-state index is -4.01. The fourth-order valence-corrected chi connectivity index (χ4v) is 5.13. The fourth-order valence-electron chi connectivity index (χ4n) is 3.38. The van der Waals surface area contributed by atoms with Gasteiger partial charge in [-0.1, -0.05) is 30.3 Å². The zero-order valence-corrected chi connectivity index (χ0v) is 18.0. The fraction of sp³-hybridized carbons (Fsp3) is 0.364. The molecule has 0 amide bonds. The van der Waals surface area contributed by atoms with Gasteiger partial charge in [-0.05, 0) is 49.4 Å². The zero-order valence-electron chi connectivity index (χ0n) is 17.2. The van der Waals surface area contributed by atoms with Crippen molar-refractivity contribution in [1.29, 1.82) is 0 Å². The van der Waals surface area contributed by atoms with Gasteiger partial charge in [0.25, 0.3) is 0 Å². The van der Waals surface area contributed by atoms with E-state index in [4.69, 9.17) is 9.47 Å². The Morgan fingerprint density at radius 3 is 2.00 bits per heavy atom. The third-order valence-electron chi connectivity index (χ3n) is 5.30. The molecule has 1 saturated carbocycles. The molecule has 0 saturated heterocycles. The molecule has 0 spiro atoms. The second-order valence-electron chi connectivity index (χ2n) is 7.34. The second kappa shape index (κ2) is 8.97. The van der Waals surface area contributed by atoms with Crippen LogP contribution in [0.2, 0.25) is 0 Å². The van der Waals surface area contributed by atoms with E-state index in [0.29, 0.717) is 0 Å². The smallest absolute Gasteiger partial charge is 0.337 e. The average Bonchev–Trinajstić information content (AvgIpc) is 3.61. The van der Waals surface area contributed by atoms with E-state index in [9.17, 15) is 18.0 Å². The van der Waals surface area contributed by atoms with Gasteiger partial charge in [-0.3, -0.25) is 0 Å². The Kier molecular flexibility index (Phi) is 6.58. The van der Waals surface area contributed by atoms with Crippen molar-refractivity contribution in [3.05, 3.63) is 65.2 Å². The summed E-state index contributed by atoms with van der Waals surface area (Å²) in [7, 11) is -1.63. The Hall–Kier alpha value is -2.71. The van der Waals surface area contributed by atoms with Crippen LogP contribution in [0.1, 0.15) is 46.0 Å². The van der Waals surface area contributed by atoms with Crippen molar-refractivity contribution < 1.29 is 27.5 Å². The number of sulfonamides is 1. The van der Waals surface area contributed by atoms with Crippen molar-refractivity contribution >= 4 is 22.0 Å². The lowest BCUT2D eigenvalue weighted by molar-refractivity contribution is 0.0598. The number of hydrogen-bond acceptors (Lipinski definition) is 6. The molecule has 3 rings (SSSR count). The third kappa shape index (κ3) is 4.71. The Balaban J connectivity index is 2.09. The first-order valence-corrected chi connectivity index (χ1v) is 11.1. The van der Waals surface area contributed by atoms with E-state index in [1.807, 2.05) is 37.3 Å². The minimum absolute atomic E-state index is 0.0299. The van der Waals surface area contributed by atoms with Crippen LogP contribution >= 0.6 is 0 Å². The topological polar surface area (TPSA) is 90.0 Å². The highest BCUT2D eigenvalue weighted by Crippen LogP contribution is 2.38. The Morgan fingerprint density at radius 2 is 1.53 bits per heavy atom. The van der Waals surface area contributed by atoms with Crippen LogP contribution in [0.3, 0.4) is 0 Å². The minimum Gasteiger partial charge on any atom is -0.465 e. The van der Waals surface area contributed by atoms with Crippen LogP contribution in [-0.2, 0) is 26.0 Å². The van der Waals surface area contributed by atoms with Crippen LogP contribution in [0.25, 0.3) is 0 Å². The van der Waals surface area contributed by atoms with E-state index in [2.05, 4.69) is 0 Å². The van der Waals surface area contributed by atoms with Crippen molar-refractivity contribution in [2.24, 2.45) is 5.92 Å². The number of carbonyl (C=O) groups is 2. The van der Waals surface area contributed by atoms with E-state index in [0.717, 1.165) is 18.4 Å². The van der Waals surface area contributed by atoms with Gasteiger partial charge in [0.2, 0.25) is 10.0 Å². The summed E-state index contributed by atoms with van der Waals surface area (Å²) < 4.78 is 38.2. The highest BCUT2D eigenvalue weighted by atomic mass is 32.2. The van der Waals surface area contributed by atoms with Gasteiger partial charge in [0.15, 0.2) is 0 Å². The molecule has 0 bridgehead atoms. The Bertz CT molecular complexity index is 997. The van der Waals surface area contributed by atoms with Gasteiger partial charge in [-0.15, -0.1) is 0 Å². The first kappa shape index (κ1) is 22.0. The predicted octanol–water partition coefficient (Wildman–Crippen LogP) is 3.25. The lowest BCUT2D eigenvalue weighted by Gasteiger charge is -2.29. The van der Waals surface area contributed by atoms with Gasteiger partial charge >= 0.3 is 11.9 Å². The van der Waals surface area contributed by atoms with Crippen molar-refractivity contribution in [1.82, 2.24) is 4.31 Å². The van der Waals surface area contributed by atoms with Gasteiger partial charge in [0.1, 0.15) is 0 Å². The number of nitrogens with zero attached hydrogens (tertiary/aromatic N) is 1. The van der Waals surface area contributed by atoms with E-state index < -0.39 is 22.0 Å². The van der Waals surface area contributed by atoms with Crippen molar-refractivity contribution in [2.75, 3.05) is 14.2 Å². The second-order valence-corrected chi connectivity index (χ2v) is 9.23. The standard InChI is InChI=1S/C22H25NO6S/c1-15(17-9-10-17)23(14-16-7-5-4-6-8-16)30(26,27)20-12-18(21(24)28-2)11-19(13-20)22(25)29-3/h4-8,11-13,15,17H,9-10,14H2,1-3H3/t15-/m1/s1. The summed E-state index contributed by atoms with van der Waals surface area (Å²) in [6, 6.07) is 12.8. The molecule has 0 radical (unpaired) electrons. The number of hydrogen-bond donors (Lipinski definition) is 0. The first-order valence-electron chi connectivity index (χ1n) is 9.65.